The zero-order chi connectivity index (χ0) is 21.0. The van der Waals surface area contributed by atoms with Crippen LogP contribution in [0.5, 0.6) is 5.75 Å². The zero-order valence-electron chi connectivity index (χ0n) is 15.3. The van der Waals surface area contributed by atoms with E-state index in [0.29, 0.717) is 22.6 Å². The zero-order valence-corrected chi connectivity index (χ0v) is 15.3. The molecule has 1 heterocycles. The lowest BCUT2D eigenvalue weighted by atomic mass is 10.2. The maximum absolute atomic E-state index is 14.4. The van der Waals surface area contributed by atoms with E-state index in [9.17, 15) is 14.0 Å². The summed E-state index contributed by atoms with van der Waals surface area (Å²) in [7, 11) is 1.44. The number of rotatable bonds is 5. The van der Waals surface area contributed by atoms with E-state index in [1.165, 1.54) is 49.7 Å². The van der Waals surface area contributed by atoms with E-state index >= 15 is 0 Å². The number of amides is 3. The number of hydrogen-bond acceptors (Lipinski definition) is 6. The number of carbonyl (C=O) groups excluding carboxylic acids is 2. The predicted octanol–water partition coefficient (Wildman–Crippen LogP) is 2.62. The van der Waals surface area contributed by atoms with Gasteiger partial charge in [-0.3, -0.25) is 4.79 Å². The van der Waals surface area contributed by atoms with Crippen molar-refractivity contribution in [3.8, 4) is 17.1 Å². The average molecular weight is 396 g/mol. The molecule has 2 aromatic carbocycles. The van der Waals surface area contributed by atoms with E-state index in [-0.39, 0.29) is 17.3 Å². The number of nitrogen functional groups attached to an aromatic ring is 1. The minimum absolute atomic E-state index is 0.0403. The molecule has 0 aliphatic heterocycles. The van der Waals surface area contributed by atoms with E-state index in [4.69, 9.17) is 16.2 Å². The standard InChI is InChI=1S/C19H17FN6O3/c1-29-15-9-23-18(26-16(15)21)11-4-7-14(13(20)8-11)25-19(28)24-12-5-2-10(3-6-12)17(22)27/h2-9H,1H3,(H2,22,27)(H2,21,23,26)(H2,24,25,28). The molecule has 0 saturated carbocycles. The van der Waals surface area contributed by atoms with Crippen LogP contribution in [0.3, 0.4) is 0 Å². The van der Waals surface area contributed by atoms with Crippen LogP contribution in [-0.2, 0) is 0 Å². The van der Waals surface area contributed by atoms with Crippen molar-refractivity contribution in [1.82, 2.24) is 9.97 Å². The third kappa shape index (κ3) is 4.56. The number of nitrogens with zero attached hydrogens (tertiary/aromatic N) is 2. The van der Waals surface area contributed by atoms with Crippen LogP contribution in [0.1, 0.15) is 10.4 Å². The molecule has 3 rings (SSSR count). The molecule has 0 fully saturated rings. The molecule has 0 spiro atoms. The summed E-state index contributed by atoms with van der Waals surface area (Å²) in [6, 6.07) is 9.38. The van der Waals surface area contributed by atoms with Gasteiger partial charge in [-0.05, 0) is 42.5 Å². The molecule has 0 saturated heterocycles. The van der Waals surface area contributed by atoms with Crippen molar-refractivity contribution in [3.63, 3.8) is 0 Å². The minimum atomic E-state index is -0.681. The molecule has 0 aliphatic rings. The number of urea groups is 1. The van der Waals surface area contributed by atoms with Gasteiger partial charge in [-0.1, -0.05) is 0 Å². The lowest BCUT2D eigenvalue weighted by molar-refractivity contribution is 0.100. The number of halogens is 1. The summed E-state index contributed by atoms with van der Waals surface area (Å²) in [5.74, 6) is -0.604. The summed E-state index contributed by atoms with van der Waals surface area (Å²) >= 11 is 0. The van der Waals surface area contributed by atoms with Gasteiger partial charge in [-0.15, -0.1) is 0 Å². The minimum Gasteiger partial charge on any atom is -0.491 e. The molecule has 3 aromatic rings. The Labute approximate surface area is 164 Å². The predicted molar refractivity (Wildman–Crippen MR) is 106 cm³/mol. The van der Waals surface area contributed by atoms with Gasteiger partial charge in [0, 0.05) is 16.8 Å². The molecule has 0 aliphatic carbocycles. The number of ether oxygens (including phenoxy) is 1. The molecule has 0 bridgehead atoms. The molecular formula is C19H17FN6O3. The molecule has 9 nitrogen and oxygen atoms in total. The number of benzene rings is 2. The van der Waals surface area contributed by atoms with E-state index in [1.807, 2.05) is 0 Å². The van der Waals surface area contributed by atoms with Crippen molar-refractivity contribution in [1.29, 1.82) is 0 Å². The second-order valence-corrected chi connectivity index (χ2v) is 5.86. The number of hydrogen-bond donors (Lipinski definition) is 4. The van der Waals surface area contributed by atoms with E-state index in [2.05, 4.69) is 20.6 Å². The van der Waals surface area contributed by atoms with Crippen molar-refractivity contribution < 1.29 is 18.7 Å². The van der Waals surface area contributed by atoms with E-state index in [0.717, 1.165) is 0 Å². The van der Waals surface area contributed by atoms with Gasteiger partial charge in [0.1, 0.15) is 5.82 Å². The van der Waals surface area contributed by atoms with Crippen molar-refractivity contribution in [2.24, 2.45) is 5.73 Å². The van der Waals surface area contributed by atoms with Crippen LogP contribution < -0.4 is 26.8 Å². The van der Waals surface area contributed by atoms with Crippen molar-refractivity contribution in [2.45, 2.75) is 0 Å². The van der Waals surface area contributed by atoms with Crippen LogP contribution in [0.2, 0.25) is 0 Å². The van der Waals surface area contributed by atoms with Gasteiger partial charge in [0.25, 0.3) is 0 Å². The Bertz CT molecular complexity index is 1070. The van der Waals surface area contributed by atoms with Crippen molar-refractivity contribution in [2.75, 3.05) is 23.5 Å². The number of nitrogens with two attached hydrogens (primary N) is 2. The molecular weight excluding hydrogens is 379 g/mol. The molecule has 3 amide bonds. The summed E-state index contributed by atoms with van der Waals surface area (Å²) in [4.78, 5) is 31.3. The maximum atomic E-state index is 14.4. The molecule has 0 atom stereocenters. The average Bonchev–Trinajstić information content (AvgIpc) is 2.69. The lowest BCUT2D eigenvalue weighted by Crippen LogP contribution is -2.20. The van der Waals surface area contributed by atoms with Crippen LogP contribution in [-0.4, -0.2) is 29.0 Å². The highest BCUT2D eigenvalue weighted by molar-refractivity contribution is 6.00. The Morgan fingerprint density at radius 3 is 2.41 bits per heavy atom. The van der Waals surface area contributed by atoms with E-state index in [1.54, 1.807) is 6.07 Å². The van der Waals surface area contributed by atoms with Crippen molar-refractivity contribution in [3.05, 3.63) is 60.0 Å². The molecule has 0 radical (unpaired) electrons. The quantitative estimate of drug-likeness (QED) is 0.521. The summed E-state index contributed by atoms with van der Waals surface area (Å²) in [6.07, 6.45) is 1.39. The van der Waals surface area contributed by atoms with Gasteiger partial charge in [0.15, 0.2) is 17.4 Å². The molecule has 29 heavy (non-hydrogen) atoms. The monoisotopic (exact) mass is 396 g/mol. The van der Waals surface area contributed by atoms with Crippen LogP contribution in [0.15, 0.2) is 48.7 Å². The highest BCUT2D eigenvalue weighted by Gasteiger charge is 2.12. The SMILES string of the molecule is COc1cnc(-c2ccc(NC(=O)Nc3ccc(C(N)=O)cc3)c(F)c2)nc1N. The maximum Gasteiger partial charge on any atom is 0.323 e. The Morgan fingerprint density at radius 2 is 1.83 bits per heavy atom. The fraction of sp³-hybridized carbons (Fsp3) is 0.0526. The van der Waals surface area contributed by atoms with Crippen LogP contribution in [0.4, 0.5) is 26.4 Å². The Hall–Kier alpha value is -4.21. The van der Waals surface area contributed by atoms with Crippen molar-refractivity contribution >= 4 is 29.1 Å². The van der Waals surface area contributed by atoms with Crippen LogP contribution in [0.25, 0.3) is 11.4 Å². The fourth-order valence-corrected chi connectivity index (χ4v) is 2.44. The summed E-state index contributed by atoms with van der Waals surface area (Å²) in [5.41, 5.74) is 12.0. The highest BCUT2D eigenvalue weighted by Crippen LogP contribution is 2.25. The number of nitrogens with one attached hydrogen (secondary N) is 2. The number of anilines is 3. The second kappa shape index (κ2) is 8.21. The molecule has 148 valence electrons. The first kappa shape index (κ1) is 19.5. The summed E-state index contributed by atoms with van der Waals surface area (Å²) in [5, 5.41) is 4.93. The molecule has 10 heteroatoms. The number of carbonyl (C=O) groups is 2. The fourth-order valence-electron chi connectivity index (χ4n) is 2.44. The summed E-state index contributed by atoms with van der Waals surface area (Å²) < 4.78 is 19.4. The topological polar surface area (TPSA) is 145 Å². The largest absolute Gasteiger partial charge is 0.491 e. The molecule has 0 unspecified atom stereocenters. The van der Waals surface area contributed by atoms with Gasteiger partial charge in [-0.25, -0.2) is 19.2 Å². The summed E-state index contributed by atoms with van der Waals surface area (Å²) in [6.45, 7) is 0. The van der Waals surface area contributed by atoms with Crippen LogP contribution in [0, 0.1) is 5.82 Å². The molecule has 6 N–H and O–H groups in total. The third-order valence-electron chi connectivity index (χ3n) is 3.91. The van der Waals surface area contributed by atoms with Crippen LogP contribution >= 0.6 is 0 Å². The Balaban J connectivity index is 1.70. The van der Waals surface area contributed by atoms with Gasteiger partial charge in [0.05, 0.1) is 19.0 Å². The van der Waals surface area contributed by atoms with Gasteiger partial charge in [0.2, 0.25) is 5.91 Å². The Morgan fingerprint density at radius 1 is 1.10 bits per heavy atom. The third-order valence-corrected chi connectivity index (χ3v) is 3.91. The first-order valence-corrected chi connectivity index (χ1v) is 8.31. The molecule has 1 aromatic heterocycles. The van der Waals surface area contributed by atoms with Gasteiger partial charge >= 0.3 is 6.03 Å². The first-order valence-electron chi connectivity index (χ1n) is 8.31. The number of methoxy groups -OCH3 is 1. The highest BCUT2D eigenvalue weighted by atomic mass is 19.1. The first-order chi connectivity index (χ1) is 13.9. The number of aromatic nitrogens is 2. The van der Waals surface area contributed by atoms with Gasteiger partial charge in [-0.2, -0.15) is 0 Å². The second-order valence-electron chi connectivity index (χ2n) is 5.86. The lowest BCUT2D eigenvalue weighted by Gasteiger charge is -2.10. The van der Waals surface area contributed by atoms with Gasteiger partial charge < -0.3 is 26.8 Å². The van der Waals surface area contributed by atoms with E-state index < -0.39 is 17.8 Å². The Kier molecular flexibility index (Phi) is 5.54. The normalized spacial score (nSPS) is 10.3. The smallest absolute Gasteiger partial charge is 0.323 e. The number of primary amides is 1.